The predicted octanol–water partition coefficient (Wildman–Crippen LogP) is 2.49. The molecule has 1 fully saturated rings. The molecule has 1 heterocycles. The molecule has 1 aliphatic heterocycles. The predicted molar refractivity (Wildman–Crippen MR) is 95.2 cm³/mol. The largest absolute Gasteiger partial charge is 0.291 e. The number of fused-ring (bicyclic) bond motifs is 1. The molecule has 0 amide bonds. The first kappa shape index (κ1) is 16.6. The standard InChI is InChI=1S/C20H18N2O4/c1-12-7-9-13(10-8-12)17-16(22(25)26)11-21(2)20(17)18(23)14-5-3-4-6-15(14)19(20)24/h3-10,16-17H,11H2,1-2H3/t16-,17+/m0/s1. The Morgan fingerprint density at radius 3 is 2.08 bits per heavy atom. The molecule has 1 spiro atoms. The lowest BCUT2D eigenvalue weighted by molar-refractivity contribution is -0.521. The summed E-state index contributed by atoms with van der Waals surface area (Å²) in [6, 6.07) is 13.0. The van der Waals surface area contributed by atoms with Crippen molar-refractivity contribution in [2.45, 2.75) is 24.4 Å². The van der Waals surface area contributed by atoms with Crippen LogP contribution in [0.25, 0.3) is 0 Å². The first-order chi connectivity index (χ1) is 12.4. The van der Waals surface area contributed by atoms with Crippen molar-refractivity contribution >= 4 is 11.6 Å². The minimum atomic E-state index is -1.54. The van der Waals surface area contributed by atoms with Gasteiger partial charge in [0.15, 0.2) is 17.1 Å². The molecule has 6 nitrogen and oxygen atoms in total. The number of hydrogen-bond acceptors (Lipinski definition) is 5. The van der Waals surface area contributed by atoms with Gasteiger partial charge < -0.3 is 0 Å². The molecule has 1 saturated heterocycles. The highest BCUT2D eigenvalue weighted by atomic mass is 16.6. The number of likely N-dealkylation sites (tertiary alicyclic amines) is 1. The van der Waals surface area contributed by atoms with Crippen LogP contribution in [0.15, 0.2) is 48.5 Å². The highest BCUT2D eigenvalue weighted by Gasteiger charge is 2.69. The molecule has 0 unspecified atom stereocenters. The fourth-order valence-electron chi connectivity index (χ4n) is 4.49. The zero-order valence-corrected chi connectivity index (χ0v) is 14.5. The van der Waals surface area contributed by atoms with Gasteiger partial charge in [-0.3, -0.25) is 24.6 Å². The zero-order chi connectivity index (χ0) is 18.6. The highest BCUT2D eigenvalue weighted by molar-refractivity contribution is 6.33. The summed E-state index contributed by atoms with van der Waals surface area (Å²) in [5.41, 5.74) is 0.822. The molecule has 1 aliphatic carbocycles. The number of carbonyl (C=O) groups excluding carboxylic acids is 2. The Balaban J connectivity index is 1.96. The molecule has 132 valence electrons. The maximum Gasteiger partial charge on any atom is 0.235 e. The number of hydrogen-bond donors (Lipinski definition) is 0. The van der Waals surface area contributed by atoms with Gasteiger partial charge in [0.2, 0.25) is 6.04 Å². The van der Waals surface area contributed by atoms with Gasteiger partial charge in [-0.05, 0) is 19.5 Å². The van der Waals surface area contributed by atoms with E-state index in [0.717, 1.165) is 5.56 Å². The van der Waals surface area contributed by atoms with Crippen molar-refractivity contribution in [2.75, 3.05) is 13.6 Å². The molecular formula is C20H18N2O4. The Bertz CT molecular complexity index is 900. The number of Topliss-reactive ketones (excluding diaryl/α,β-unsaturated/α-hetero) is 2. The Labute approximate surface area is 150 Å². The Morgan fingerprint density at radius 1 is 1.04 bits per heavy atom. The molecule has 0 N–H and O–H groups in total. The first-order valence-corrected chi connectivity index (χ1v) is 8.49. The third-order valence-electron chi connectivity index (χ3n) is 5.71. The van der Waals surface area contributed by atoms with E-state index in [-0.39, 0.29) is 23.0 Å². The second-order valence-corrected chi connectivity index (χ2v) is 7.09. The van der Waals surface area contributed by atoms with Gasteiger partial charge in [0.1, 0.15) is 0 Å². The molecule has 6 heteroatoms. The summed E-state index contributed by atoms with van der Waals surface area (Å²) in [5.74, 6) is -1.50. The lowest BCUT2D eigenvalue weighted by Crippen LogP contribution is -2.55. The number of ketones is 2. The van der Waals surface area contributed by atoms with Crippen molar-refractivity contribution in [1.82, 2.24) is 4.90 Å². The van der Waals surface area contributed by atoms with Crippen LogP contribution in [0, 0.1) is 17.0 Å². The summed E-state index contributed by atoms with van der Waals surface area (Å²) in [4.78, 5) is 39.7. The van der Waals surface area contributed by atoms with E-state index in [0.29, 0.717) is 16.7 Å². The molecular weight excluding hydrogens is 332 g/mol. The SMILES string of the molecule is Cc1ccc([C@@H]2[C@@H]([N+](=O)[O-])CN(C)C23C(=O)c2ccccc2C3=O)cc1. The van der Waals surface area contributed by atoms with Crippen molar-refractivity contribution in [1.29, 1.82) is 0 Å². The number of benzene rings is 2. The molecule has 26 heavy (non-hydrogen) atoms. The van der Waals surface area contributed by atoms with Crippen LogP contribution in [0.3, 0.4) is 0 Å². The lowest BCUT2D eigenvalue weighted by atomic mass is 9.74. The highest BCUT2D eigenvalue weighted by Crippen LogP contribution is 2.50. The fraction of sp³-hybridized carbons (Fsp3) is 0.300. The second kappa shape index (κ2) is 5.57. The van der Waals surface area contributed by atoms with Gasteiger partial charge in [0, 0.05) is 16.1 Å². The van der Waals surface area contributed by atoms with Crippen LogP contribution >= 0.6 is 0 Å². The van der Waals surface area contributed by atoms with E-state index >= 15 is 0 Å². The van der Waals surface area contributed by atoms with Gasteiger partial charge >= 0.3 is 0 Å². The number of nitro groups is 1. The second-order valence-electron chi connectivity index (χ2n) is 7.09. The summed E-state index contributed by atoms with van der Waals surface area (Å²) in [6.07, 6.45) is 0. The number of aryl methyl sites for hydroxylation is 1. The number of nitrogens with zero attached hydrogens (tertiary/aromatic N) is 2. The fourth-order valence-corrected chi connectivity index (χ4v) is 4.49. The number of rotatable bonds is 2. The van der Waals surface area contributed by atoms with Crippen LogP contribution in [-0.4, -0.2) is 46.6 Å². The molecule has 0 radical (unpaired) electrons. The van der Waals surface area contributed by atoms with Crippen LogP contribution in [-0.2, 0) is 0 Å². The summed E-state index contributed by atoms with van der Waals surface area (Å²) in [5, 5.41) is 11.8. The Hall–Kier alpha value is -2.86. The molecule has 2 aromatic rings. The van der Waals surface area contributed by atoms with Crippen LogP contribution in [0.1, 0.15) is 37.8 Å². The summed E-state index contributed by atoms with van der Waals surface area (Å²) < 4.78 is 0. The zero-order valence-electron chi connectivity index (χ0n) is 14.5. The van der Waals surface area contributed by atoms with E-state index in [1.165, 1.54) is 0 Å². The molecule has 0 saturated carbocycles. The summed E-state index contributed by atoms with van der Waals surface area (Å²) in [7, 11) is 1.63. The van der Waals surface area contributed by atoms with Gasteiger partial charge in [0.05, 0.1) is 12.5 Å². The van der Waals surface area contributed by atoms with Crippen molar-refractivity contribution < 1.29 is 14.5 Å². The quantitative estimate of drug-likeness (QED) is 0.472. The van der Waals surface area contributed by atoms with Crippen LogP contribution in [0.4, 0.5) is 0 Å². The van der Waals surface area contributed by atoms with Crippen molar-refractivity contribution in [3.63, 3.8) is 0 Å². The van der Waals surface area contributed by atoms with Crippen molar-refractivity contribution in [2.24, 2.45) is 0 Å². The van der Waals surface area contributed by atoms with E-state index in [1.807, 2.05) is 19.1 Å². The third kappa shape index (κ3) is 1.96. The average molecular weight is 350 g/mol. The van der Waals surface area contributed by atoms with E-state index in [2.05, 4.69) is 0 Å². The monoisotopic (exact) mass is 350 g/mol. The normalized spacial score (nSPS) is 24.2. The summed E-state index contributed by atoms with van der Waals surface area (Å²) in [6.45, 7) is 1.98. The topological polar surface area (TPSA) is 80.5 Å². The minimum Gasteiger partial charge on any atom is -0.291 e. The van der Waals surface area contributed by atoms with Crippen LogP contribution < -0.4 is 0 Å². The molecule has 2 aliphatic rings. The van der Waals surface area contributed by atoms with Crippen LogP contribution in [0.2, 0.25) is 0 Å². The lowest BCUT2D eigenvalue weighted by Gasteiger charge is -2.33. The molecule has 0 aromatic heterocycles. The van der Waals surface area contributed by atoms with Gasteiger partial charge in [-0.15, -0.1) is 0 Å². The number of carbonyl (C=O) groups is 2. The Kier molecular flexibility index (Phi) is 3.56. The molecule has 2 atom stereocenters. The van der Waals surface area contributed by atoms with Gasteiger partial charge in [-0.2, -0.15) is 0 Å². The average Bonchev–Trinajstić information content (AvgIpc) is 3.06. The minimum absolute atomic E-state index is 0.0526. The summed E-state index contributed by atoms with van der Waals surface area (Å²) >= 11 is 0. The molecule has 2 aromatic carbocycles. The van der Waals surface area contributed by atoms with Gasteiger partial charge in [-0.25, -0.2) is 0 Å². The third-order valence-corrected chi connectivity index (χ3v) is 5.71. The van der Waals surface area contributed by atoms with E-state index in [1.54, 1.807) is 48.3 Å². The maximum atomic E-state index is 13.4. The van der Waals surface area contributed by atoms with E-state index in [4.69, 9.17) is 0 Å². The van der Waals surface area contributed by atoms with Crippen molar-refractivity contribution in [3.05, 3.63) is 80.9 Å². The molecule has 0 bridgehead atoms. The number of likely N-dealkylation sites (N-methyl/N-ethyl adjacent to an activating group) is 1. The van der Waals surface area contributed by atoms with E-state index < -0.39 is 17.5 Å². The Morgan fingerprint density at radius 2 is 1.58 bits per heavy atom. The van der Waals surface area contributed by atoms with Gasteiger partial charge in [0.25, 0.3) is 0 Å². The van der Waals surface area contributed by atoms with Gasteiger partial charge in [-0.1, -0.05) is 54.1 Å². The van der Waals surface area contributed by atoms with Crippen molar-refractivity contribution in [3.8, 4) is 0 Å². The van der Waals surface area contributed by atoms with E-state index in [9.17, 15) is 19.7 Å². The molecule has 4 rings (SSSR count). The first-order valence-electron chi connectivity index (χ1n) is 8.49. The smallest absolute Gasteiger partial charge is 0.235 e. The maximum absolute atomic E-state index is 13.4. The van der Waals surface area contributed by atoms with Crippen LogP contribution in [0.5, 0.6) is 0 Å².